The van der Waals surface area contributed by atoms with Gasteiger partial charge >= 0.3 is 7.12 Å². The molecule has 0 radical (unpaired) electrons. The average molecular weight is 296 g/mol. The molecule has 1 aliphatic heterocycles. The second-order valence-electron chi connectivity index (χ2n) is 5.25. The van der Waals surface area contributed by atoms with Crippen molar-refractivity contribution >= 4 is 18.5 Å². The van der Waals surface area contributed by atoms with E-state index in [9.17, 15) is 9.82 Å². The minimum Gasteiger partial charge on any atom is -0.423 e. The SMILES string of the molecule is CCN(Cc1ccncc1)C(=O)c1ccc2c(c1)COB2O. The Hall–Kier alpha value is -2.18. The normalized spacial score (nSPS) is 13.1. The van der Waals surface area contributed by atoms with E-state index in [4.69, 9.17) is 4.65 Å². The van der Waals surface area contributed by atoms with Crippen molar-refractivity contribution in [3.05, 3.63) is 59.4 Å². The van der Waals surface area contributed by atoms with Crippen LogP contribution in [0.2, 0.25) is 0 Å². The van der Waals surface area contributed by atoms with Gasteiger partial charge in [0.05, 0.1) is 6.61 Å². The number of carbonyl (C=O) groups is 1. The smallest absolute Gasteiger partial charge is 0.423 e. The standard InChI is InChI=1S/C16H17BN2O3/c1-2-19(10-12-5-7-18-8-6-12)16(20)13-3-4-15-14(9-13)11-22-17(15)21/h3-9,21H,2,10-11H2,1H3. The lowest BCUT2D eigenvalue weighted by Gasteiger charge is -2.21. The molecule has 1 aliphatic rings. The van der Waals surface area contributed by atoms with Crippen LogP contribution in [0.3, 0.4) is 0 Å². The highest BCUT2D eigenvalue weighted by Gasteiger charge is 2.28. The molecular weight excluding hydrogens is 279 g/mol. The number of carbonyl (C=O) groups excluding carboxylic acids is 1. The van der Waals surface area contributed by atoms with Crippen molar-refractivity contribution in [1.82, 2.24) is 9.88 Å². The Labute approximate surface area is 129 Å². The van der Waals surface area contributed by atoms with Gasteiger partial charge in [-0.05, 0) is 47.8 Å². The topological polar surface area (TPSA) is 62.7 Å². The average Bonchev–Trinajstić information content (AvgIpc) is 2.93. The maximum Gasteiger partial charge on any atom is 0.491 e. The van der Waals surface area contributed by atoms with Crippen LogP contribution in [-0.2, 0) is 17.8 Å². The molecule has 2 aromatic rings. The van der Waals surface area contributed by atoms with Crippen molar-refractivity contribution in [2.45, 2.75) is 20.1 Å². The van der Waals surface area contributed by atoms with Crippen LogP contribution in [0.1, 0.15) is 28.4 Å². The molecule has 0 fully saturated rings. The lowest BCUT2D eigenvalue weighted by atomic mass is 9.79. The predicted octanol–water partition coefficient (Wildman–Crippen LogP) is 0.962. The van der Waals surface area contributed by atoms with E-state index in [1.807, 2.05) is 25.1 Å². The number of fused-ring (bicyclic) bond motifs is 1. The Bertz CT molecular complexity index is 678. The van der Waals surface area contributed by atoms with Gasteiger partial charge in [0.15, 0.2) is 0 Å². The van der Waals surface area contributed by atoms with Gasteiger partial charge in [0.2, 0.25) is 0 Å². The van der Waals surface area contributed by atoms with Gasteiger partial charge in [0.1, 0.15) is 0 Å². The quantitative estimate of drug-likeness (QED) is 0.854. The van der Waals surface area contributed by atoms with Gasteiger partial charge in [-0.3, -0.25) is 9.78 Å². The third-order valence-corrected chi connectivity index (χ3v) is 3.84. The number of amides is 1. The van der Waals surface area contributed by atoms with Gasteiger partial charge in [-0.25, -0.2) is 0 Å². The zero-order valence-corrected chi connectivity index (χ0v) is 12.4. The molecule has 0 spiro atoms. The molecule has 112 valence electrons. The highest BCUT2D eigenvalue weighted by Crippen LogP contribution is 2.15. The van der Waals surface area contributed by atoms with Crippen LogP contribution in [-0.4, -0.2) is 34.5 Å². The second-order valence-corrected chi connectivity index (χ2v) is 5.25. The summed E-state index contributed by atoms with van der Waals surface area (Å²) in [5.41, 5.74) is 3.28. The van der Waals surface area contributed by atoms with Crippen molar-refractivity contribution in [3.63, 3.8) is 0 Å². The summed E-state index contributed by atoms with van der Waals surface area (Å²) in [6.45, 7) is 3.47. The maximum atomic E-state index is 12.7. The molecule has 0 saturated heterocycles. The maximum absolute atomic E-state index is 12.7. The number of nitrogens with zero attached hydrogens (tertiary/aromatic N) is 2. The molecule has 0 unspecified atom stereocenters. The summed E-state index contributed by atoms with van der Waals surface area (Å²) in [4.78, 5) is 18.4. The lowest BCUT2D eigenvalue weighted by Crippen LogP contribution is -2.32. The number of rotatable bonds is 4. The molecule has 0 aliphatic carbocycles. The fourth-order valence-corrected chi connectivity index (χ4v) is 2.58. The highest BCUT2D eigenvalue weighted by atomic mass is 16.5. The summed E-state index contributed by atoms with van der Waals surface area (Å²) in [6.07, 6.45) is 3.45. The summed E-state index contributed by atoms with van der Waals surface area (Å²) < 4.78 is 5.16. The van der Waals surface area contributed by atoms with Gasteiger partial charge in [-0.15, -0.1) is 0 Å². The van der Waals surface area contributed by atoms with Crippen LogP contribution in [0.15, 0.2) is 42.7 Å². The summed E-state index contributed by atoms with van der Waals surface area (Å²) in [5, 5.41) is 9.64. The Balaban J connectivity index is 1.80. The van der Waals surface area contributed by atoms with Crippen molar-refractivity contribution in [2.75, 3.05) is 6.54 Å². The van der Waals surface area contributed by atoms with Crippen molar-refractivity contribution in [1.29, 1.82) is 0 Å². The van der Waals surface area contributed by atoms with Gasteiger partial charge in [-0.1, -0.05) is 6.07 Å². The number of hydrogen-bond acceptors (Lipinski definition) is 4. The zero-order valence-electron chi connectivity index (χ0n) is 12.4. The van der Waals surface area contributed by atoms with E-state index in [-0.39, 0.29) is 5.91 Å². The molecule has 1 N–H and O–H groups in total. The molecular formula is C16H17BN2O3. The fraction of sp³-hybridized carbons (Fsp3) is 0.250. The molecule has 5 nitrogen and oxygen atoms in total. The van der Waals surface area contributed by atoms with Gasteiger partial charge in [0, 0.05) is 31.0 Å². The van der Waals surface area contributed by atoms with Gasteiger partial charge < -0.3 is 14.6 Å². The fourth-order valence-electron chi connectivity index (χ4n) is 2.58. The van der Waals surface area contributed by atoms with Crippen LogP contribution < -0.4 is 5.46 Å². The highest BCUT2D eigenvalue weighted by molar-refractivity contribution is 6.61. The summed E-state index contributed by atoms with van der Waals surface area (Å²) >= 11 is 0. The minimum atomic E-state index is -0.877. The first-order valence-electron chi connectivity index (χ1n) is 7.29. The Morgan fingerprint density at radius 3 is 2.86 bits per heavy atom. The zero-order chi connectivity index (χ0) is 15.5. The predicted molar refractivity (Wildman–Crippen MR) is 83.5 cm³/mol. The molecule has 1 aromatic heterocycles. The molecule has 1 aromatic carbocycles. The Morgan fingerprint density at radius 2 is 2.14 bits per heavy atom. The number of hydrogen-bond donors (Lipinski definition) is 1. The molecule has 1 amide bonds. The Kier molecular flexibility index (Phi) is 4.22. The van der Waals surface area contributed by atoms with Crippen molar-refractivity contribution < 1.29 is 14.5 Å². The summed E-state index contributed by atoms with van der Waals surface area (Å²) in [7, 11) is -0.877. The first kappa shape index (κ1) is 14.7. The van der Waals surface area contributed by atoms with Crippen LogP contribution >= 0.6 is 0 Å². The van der Waals surface area contributed by atoms with E-state index in [0.717, 1.165) is 16.6 Å². The number of aromatic nitrogens is 1. The van der Waals surface area contributed by atoms with E-state index in [0.29, 0.717) is 25.3 Å². The largest absolute Gasteiger partial charge is 0.491 e. The summed E-state index contributed by atoms with van der Waals surface area (Å²) in [6, 6.07) is 9.13. The molecule has 6 heteroatoms. The van der Waals surface area contributed by atoms with Crippen LogP contribution in [0.25, 0.3) is 0 Å². The molecule has 22 heavy (non-hydrogen) atoms. The van der Waals surface area contributed by atoms with Crippen LogP contribution in [0.4, 0.5) is 0 Å². The monoisotopic (exact) mass is 296 g/mol. The van der Waals surface area contributed by atoms with Gasteiger partial charge in [-0.2, -0.15) is 0 Å². The van der Waals surface area contributed by atoms with E-state index in [2.05, 4.69) is 4.98 Å². The van der Waals surface area contributed by atoms with Crippen molar-refractivity contribution in [2.24, 2.45) is 0 Å². The molecule has 0 bridgehead atoms. The van der Waals surface area contributed by atoms with E-state index >= 15 is 0 Å². The first-order chi connectivity index (χ1) is 10.7. The van der Waals surface area contributed by atoms with Crippen molar-refractivity contribution in [3.8, 4) is 0 Å². The third kappa shape index (κ3) is 2.88. The van der Waals surface area contributed by atoms with Gasteiger partial charge in [0.25, 0.3) is 5.91 Å². The van der Waals surface area contributed by atoms with E-state index in [1.54, 1.807) is 29.4 Å². The van der Waals surface area contributed by atoms with Crippen LogP contribution in [0.5, 0.6) is 0 Å². The number of benzene rings is 1. The minimum absolute atomic E-state index is 0.0245. The van der Waals surface area contributed by atoms with Crippen LogP contribution in [0, 0.1) is 0 Å². The molecule has 0 saturated carbocycles. The second kappa shape index (κ2) is 6.29. The van der Waals surface area contributed by atoms with E-state index < -0.39 is 7.12 Å². The number of pyridine rings is 1. The molecule has 3 rings (SSSR count). The van der Waals surface area contributed by atoms with E-state index in [1.165, 1.54) is 0 Å². The first-order valence-corrected chi connectivity index (χ1v) is 7.29. The lowest BCUT2D eigenvalue weighted by molar-refractivity contribution is 0.0752. The molecule has 2 heterocycles. The molecule has 0 atom stereocenters. The third-order valence-electron chi connectivity index (χ3n) is 3.84. The summed E-state index contributed by atoms with van der Waals surface area (Å²) in [5.74, 6) is -0.0245. The Morgan fingerprint density at radius 1 is 1.36 bits per heavy atom.